The van der Waals surface area contributed by atoms with E-state index in [1.165, 1.54) is 22.9 Å². The quantitative estimate of drug-likeness (QED) is 0.478. The number of halogens is 3. The van der Waals surface area contributed by atoms with Gasteiger partial charge in [0.25, 0.3) is 0 Å². The maximum Gasteiger partial charge on any atom is 0.416 e. The fraction of sp³-hybridized carbons (Fsp3) is 0.320. The summed E-state index contributed by atoms with van der Waals surface area (Å²) in [5, 5.41) is 11.5. The number of hydrogen-bond acceptors (Lipinski definition) is 7. The van der Waals surface area contributed by atoms with Crippen molar-refractivity contribution in [3.8, 4) is 11.3 Å². The normalized spacial score (nSPS) is 15.7. The average Bonchev–Trinajstić information content (AvgIpc) is 3.54. The molecule has 13 heteroatoms. The van der Waals surface area contributed by atoms with E-state index < -0.39 is 17.6 Å². The second kappa shape index (κ2) is 9.47. The number of nitrogens with zero attached hydrogens (tertiary/aromatic N) is 7. The molecule has 0 radical (unpaired) electrons. The van der Waals surface area contributed by atoms with Crippen LogP contribution in [0.2, 0.25) is 0 Å². The molecule has 0 bridgehead atoms. The van der Waals surface area contributed by atoms with Crippen LogP contribution in [-0.2, 0) is 19.1 Å². The van der Waals surface area contributed by atoms with E-state index in [9.17, 15) is 22.9 Å². The predicted octanol–water partition coefficient (Wildman–Crippen LogP) is 4.81. The predicted molar refractivity (Wildman–Crippen MR) is 135 cm³/mol. The molecule has 3 heterocycles. The average molecular weight is 525 g/mol. The van der Waals surface area contributed by atoms with Crippen molar-refractivity contribution in [1.29, 1.82) is 0 Å². The number of benzene rings is 1. The lowest BCUT2D eigenvalue weighted by atomic mass is 10.0. The Morgan fingerprint density at radius 1 is 1.16 bits per heavy atom. The van der Waals surface area contributed by atoms with Crippen molar-refractivity contribution in [2.75, 3.05) is 0 Å². The Bertz CT molecular complexity index is 1520. The Morgan fingerprint density at radius 3 is 2.50 bits per heavy atom. The third-order valence-electron chi connectivity index (χ3n) is 6.47. The molecule has 1 fully saturated rings. The van der Waals surface area contributed by atoms with Crippen LogP contribution in [0.4, 0.5) is 19.0 Å². The first-order valence-electron chi connectivity index (χ1n) is 11.9. The van der Waals surface area contributed by atoms with Crippen LogP contribution in [-0.4, -0.2) is 37.5 Å². The van der Waals surface area contributed by atoms with Gasteiger partial charge in [0.05, 0.1) is 28.2 Å². The highest BCUT2D eigenvalue weighted by Gasteiger charge is 2.31. The monoisotopic (exact) mass is 524 g/mol. The number of carbonyl (C=O) groups is 1. The Hall–Kier alpha value is -4.42. The number of nitroso groups, excluding NO2 is 1. The van der Waals surface area contributed by atoms with Gasteiger partial charge < -0.3 is 5.73 Å². The molecular formula is C25H23F3N8O2. The van der Waals surface area contributed by atoms with Crippen molar-refractivity contribution < 1.29 is 18.0 Å². The number of aryl methyl sites for hydroxylation is 1. The van der Waals surface area contributed by atoms with E-state index in [4.69, 9.17) is 10.8 Å². The first kappa shape index (κ1) is 25.2. The zero-order chi connectivity index (χ0) is 27.2. The number of fused-ring (bicyclic) bond motifs is 1. The molecule has 10 nitrogen and oxygen atoms in total. The number of rotatable bonds is 5. The summed E-state index contributed by atoms with van der Waals surface area (Å²) >= 11 is 0. The minimum atomic E-state index is -4.45. The highest BCUT2D eigenvalue weighted by molar-refractivity contribution is 6.00. The Kier molecular flexibility index (Phi) is 6.29. The minimum Gasteiger partial charge on any atom is -0.384 e. The van der Waals surface area contributed by atoms with Crippen LogP contribution < -0.4 is 5.73 Å². The molecule has 38 heavy (non-hydrogen) atoms. The summed E-state index contributed by atoms with van der Waals surface area (Å²) in [5.74, 6) is 0.363. The van der Waals surface area contributed by atoms with Crippen molar-refractivity contribution in [2.24, 2.45) is 26.8 Å². The first-order valence-corrected chi connectivity index (χ1v) is 11.9. The summed E-state index contributed by atoms with van der Waals surface area (Å²) in [4.78, 5) is 31.9. The molecule has 0 spiro atoms. The third kappa shape index (κ3) is 4.78. The minimum absolute atomic E-state index is 0.0828. The van der Waals surface area contributed by atoms with Crippen LogP contribution in [0.25, 0.3) is 17.1 Å². The van der Waals surface area contributed by atoms with E-state index >= 15 is 0 Å². The molecule has 1 aromatic carbocycles. The van der Waals surface area contributed by atoms with Gasteiger partial charge in [-0.2, -0.15) is 23.4 Å². The summed E-state index contributed by atoms with van der Waals surface area (Å²) in [6.07, 6.45) is 1.02. The van der Waals surface area contributed by atoms with E-state index in [2.05, 4.69) is 20.3 Å². The summed E-state index contributed by atoms with van der Waals surface area (Å²) in [6, 6.07) is 4.84. The zero-order valence-electron chi connectivity index (χ0n) is 20.5. The SMILES string of the molecule is Cc1nn(C2=CC(N)=Nc3c(c(-c4ccc(C(F)(F)F)cc4)nn3CC3CC3)CC=N2)c(C)c1C(=O)N=O. The van der Waals surface area contributed by atoms with Gasteiger partial charge in [0.1, 0.15) is 5.84 Å². The van der Waals surface area contributed by atoms with E-state index in [1.54, 1.807) is 24.7 Å². The molecule has 2 aliphatic rings. The van der Waals surface area contributed by atoms with Crippen molar-refractivity contribution in [2.45, 2.75) is 45.8 Å². The van der Waals surface area contributed by atoms with Gasteiger partial charge in [0, 0.05) is 41.6 Å². The molecule has 1 aliphatic carbocycles. The second-order valence-corrected chi connectivity index (χ2v) is 9.26. The molecule has 0 atom stereocenters. The van der Waals surface area contributed by atoms with E-state index in [0.29, 0.717) is 46.5 Å². The number of amidine groups is 1. The summed E-state index contributed by atoms with van der Waals surface area (Å²) < 4.78 is 42.5. The Balaban J connectivity index is 1.59. The second-order valence-electron chi connectivity index (χ2n) is 9.26. The summed E-state index contributed by atoms with van der Waals surface area (Å²) in [5.41, 5.74) is 7.98. The molecule has 196 valence electrons. The van der Waals surface area contributed by atoms with Gasteiger partial charge in [-0.3, -0.25) is 4.79 Å². The molecule has 0 saturated heterocycles. The lowest BCUT2D eigenvalue weighted by Gasteiger charge is -2.07. The van der Waals surface area contributed by atoms with Crippen LogP contribution in [0.5, 0.6) is 0 Å². The van der Waals surface area contributed by atoms with E-state index in [0.717, 1.165) is 25.0 Å². The van der Waals surface area contributed by atoms with Gasteiger partial charge in [-0.1, -0.05) is 12.1 Å². The standard InChI is InChI=1S/C25H23F3N8O2/c1-13-21(24(37)34-38)14(2)36(32-13)20-11-19(29)31-23-18(9-10-30-20)22(33-35(23)12-15-3-4-15)16-5-7-17(8-6-16)25(26,27)28/h5-8,10-11,15H,3-4,9,12H2,1-2H3,(H2,29,31). The van der Waals surface area contributed by atoms with Gasteiger partial charge >= 0.3 is 12.1 Å². The number of aliphatic imine (C=N–C) groups is 2. The van der Waals surface area contributed by atoms with Gasteiger partial charge in [0.15, 0.2) is 11.6 Å². The molecule has 5 rings (SSSR count). The highest BCUT2D eigenvalue weighted by atomic mass is 19.4. The molecule has 1 aliphatic heterocycles. The van der Waals surface area contributed by atoms with Crippen molar-refractivity contribution in [3.05, 3.63) is 63.3 Å². The number of amides is 1. The Labute approximate surface area is 214 Å². The van der Waals surface area contributed by atoms with Crippen LogP contribution in [0.3, 0.4) is 0 Å². The fourth-order valence-electron chi connectivity index (χ4n) is 4.42. The molecule has 2 N–H and O–H groups in total. The van der Waals surface area contributed by atoms with Gasteiger partial charge in [-0.15, -0.1) is 4.91 Å². The maximum absolute atomic E-state index is 13.1. The van der Waals surface area contributed by atoms with Crippen LogP contribution in [0.1, 0.15) is 45.7 Å². The molecule has 1 saturated carbocycles. The van der Waals surface area contributed by atoms with Crippen molar-refractivity contribution >= 4 is 29.6 Å². The van der Waals surface area contributed by atoms with Gasteiger partial charge in [-0.25, -0.2) is 19.3 Å². The number of aromatic nitrogens is 4. The van der Waals surface area contributed by atoms with Crippen LogP contribution in [0.15, 0.2) is 45.5 Å². The Morgan fingerprint density at radius 2 is 1.87 bits per heavy atom. The molecule has 3 aromatic rings. The lowest BCUT2D eigenvalue weighted by molar-refractivity contribution is -0.137. The lowest BCUT2D eigenvalue weighted by Crippen LogP contribution is -2.12. The van der Waals surface area contributed by atoms with Crippen molar-refractivity contribution in [3.63, 3.8) is 0 Å². The smallest absolute Gasteiger partial charge is 0.384 e. The molecular weight excluding hydrogens is 501 g/mol. The van der Waals surface area contributed by atoms with Crippen molar-refractivity contribution in [1.82, 2.24) is 19.6 Å². The third-order valence-corrected chi connectivity index (χ3v) is 6.47. The molecule has 2 aromatic heterocycles. The number of nitrogens with two attached hydrogens (primary N) is 1. The fourth-order valence-corrected chi connectivity index (χ4v) is 4.42. The maximum atomic E-state index is 13.1. The summed E-state index contributed by atoms with van der Waals surface area (Å²) in [6.45, 7) is 3.80. The number of hydrogen-bond donors (Lipinski definition) is 1. The zero-order valence-corrected chi connectivity index (χ0v) is 20.5. The van der Waals surface area contributed by atoms with Crippen LogP contribution in [0, 0.1) is 24.7 Å². The molecule has 0 unspecified atom stereocenters. The molecule has 1 amide bonds. The number of carbonyl (C=O) groups excluding carboxylic acids is 1. The topological polar surface area (TPSA) is 133 Å². The first-order chi connectivity index (χ1) is 18.1. The van der Waals surface area contributed by atoms with E-state index in [-0.39, 0.29) is 23.6 Å². The summed E-state index contributed by atoms with van der Waals surface area (Å²) in [7, 11) is 0. The van der Waals surface area contributed by atoms with E-state index in [1.807, 2.05) is 0 Å². The van der Waals surface area contributed by atoms with Gasteiger partial charge in [-0.05, 0) is 44.7 Å². The van der Waals surface area contributed by atoms with Crippen LogP contribution >= 0.6 is 0 Å². The number of alkyl halides is 3. The van der Waals surface area contributed by atoms with Gasteiger partial charge in [0.2, 0.25) is 0 Å². The highest BCUT2D eigenvalue weighted by Crippen LogP contribution is 2.38. The largest absolute Gasteiger partial charge is 0.416 e.